The highest BCUT2D eigenvalue weighted by Crippen LogP contribution is 2.21. The van der Waals surface area contributed by atoms with Gasteiger partial charge in [0.25, 0.3) is 0 Å². The Morgan fingerprint density at radius 2 is 2.00 bits per heavy atom. The number of aromatic amines is 1. The second kappa shape index (κ2) is 6.54. The molecule has 0 spiro atoms. The van der Waals surface area contributed by atoms with Gasteiger partial charge in [-0.2, -0.15) is 10.4 Å². The molecule has 24 heavy (non-hydrogen) atoms. The van der Waals surface area contributed by atoms with Gasteiger partial charge in [-0.25, -0.2) is 0 Å². The van der Waals surface area contributed by atoms with Crippen molar-refractivity contribution in [1.82, 2.24) is 20.4 Å². The number of nitriles is 1. The van der Waals surface area contributed by atoms with Gasteiger partial charge in [-0.3, -0.25) is 5.10 Å². The molecule has 2 aromatic heterocycles. The molecule has 0 unspecified atom stereocenters. The molecular formula is C17H18N6O. The van der Waals surface area contributed by atoms with Crippen molar-refractivity contribution in [3.63, 3.8) is 0 Å². The molecule has 0 radical (unpaired) electrons. The SMILES string of the molecule is CC(C)c1cc(N(C)Cc2nnc(-c3ccc(C#N)cc3)o2)n[nH]1. The maximum atomic E-state index is 8.83. The van der Waals surface area contributed by atoms with Gasteiger partial charge in [0.15, 0.2) is 5.82 Å². The van der Waals surface area contributed by atoms with Crippen LogP contribution in [0.25, 0.3) is 11.5 Å². The Balaban J connectivity index is 1.71. The summed E-state index contributed by atoms with van der Waals surface area (Å²) in [5.74, 6) is 2.17. The molecule has 0 amide bonds. The zero-order valence-electron chi connectivity index (χ0n) is 13.8. The summed E-state index contributed by atoms with van der Waals surface area (Å²) in [7, 11) is 1.92. The van der Waals surface area contributed by atoms with E-state index in [4.69, 9.17) is 9.68 Å². The van der Waals surface area contributed by atoms with Crippen LogP contribution < -0.4 is 4.90 Å². The van der Waals surface area contributed by atoms with E-state index in [0.717, 1.165) is 17.1 Å². The molecular weight excluding hydrogens is 304 g/mol. The predicted molar refractivity (Wildman–Crippen MR) is 89.2 cm³/mol. The number of aromatic nitrogens is 4. The van der Waals surface area contributed by atoms with Crippen LogP contribution in [0.5, 0.6) is 0 Å². The van der Waals surface area contributed by atoms with Crippen LogP contribution in [0.4, 0.5) is 5.82 Å². The maximum absolute atomic E-state index is 8.83. The third kappa shape index (κ3) is 3.27. The summed E-state index contributed by atoms with van der Waals surface area (Å²) < 4.78 is 5.70. The number of rotatable bonds is 5. The van der Waals surface area contributed by atoms with E-state index in [9.17, 15) is 0 Å². The van der Waals surface area contributed by atoms with E-state index in [2.05, 4.69) is 40.3 Å². The fourth-order valence-corrected chi connectivity index (χ4v) is 2.22. The molecule has 0 aliphatic heterocycles. The Kier molecular flexibility index (Phi) is 4.29. The van der Waals surface area contributed by atoms with E-state index in [1.807, 2.05) is 18.0 Å². The lowest BCUT2D eigenvalue weighted by atomic mass is 10.1. The third-order valence-corrected chi connectivity index (χ3v) is 3.70. The number of H-pyrrole nitrogens is 1. The molecule has 0 aliphatic carbocycles. The molecule has 3 aromatic rings. The van der Waals surface area contributed by atoms with E-state index in [1.54, 1.807) is 24.3 Å². The first-order chi connectivity index (χ1) is 11.6. The van der Waals surface area contributed by atoms with Gasteiger partial charge in [0.2, 0.25) is 11.8 Å². The second-order valence-corrected chi connectivity index (χ2v) is 5.88. The van der Waals surface area contributed by atoms with Gasteiger partial charge < -0.3 is 9.32 Å². The van der Waals surface area contributed by atoms with Crippen molar-refractivity contribution >= 4 is 5.82 Å². The van der Waals surface area contributed by atoms with Crippen molar-refractivity contribution in [3.8, 4) is 17.5 Å². The van der Waals surface area contributed by atoms with Crippen LogP contribution in [0.2, 0.25) is 0 Å². The summed E-state index contributed by atoms with van der Waals surface area (Å²) in [6.45, 7) is 4.68. The van der Waals surface area contributed by atoms with Crippen LogP contribution in [-0.2, 0) is 6.54 Å². The van der Waals surface area contributed by atoms with Gasteiger partial charge in [-0.15, -0.1) is 10.2 Å². The highest BCUT2D eigenvalue weighted by Gasteiger charge is 2.13. The van der Waals surface area contributed by atoms with Crippen LogP contribution in [0.15, 0.2) is 34.7 Å². The molecule has 7 heteroatoms. The largest absolute Gasteiger partial charge is 0.419 e. The predicted octanol–water partition coefficient (Wildman–Crippen LogP) is 3.09. The highest BCUT2D eigenvalue weighted by molar-refractivity contribution is 5.54. The lowest BCUT2D eigenvalue weighted by Gasteiger charge is -2.12. The smallest absolute Gasteiger partial charge is 0.247 e. The minimum absolute atomic E-state index is 0.394. The first-order valence-electron chi connectivity index (χ1n) is 7.66. The van der Waals surface area contributed by atoms with Crippen LogP contribution in [0, 0.1) is 11.3 Å². The summed E-state index contributed by atoms with van der Waals surface area (Å²) >= 11 is 0. The third-order valence-electron chi connectivity index (χ3n) is 3.70. The monoisotopic (exact) mass is 322 g/mol. The van der Waals surface area contributed by atoms with Gasteiger partial charge in [0.1, 0.15) is 0 Å². The quantitative estimate of drug-likeness (QED) is 0.775. The second-order valence-electron chi connectivity index (χ2n) is 5.88. The molecule has 0 saturated heterocycles. The van der Waals surface area contributed by atoms with Crippen molar-refractivity contribution in [1.29, 1.82) is 5.26 Å². The molecule has 0 saturated carbocycles. The van der Waals surface area contributed by atoms with Gasteiger partial charge in [0.05, 0.1) is 18.2 Å². The van der Waals surface area contributed by atoms with Crippen LogP contribution >= 0.6 is 0 Å². The Labute approximate surface area is 139 Å². The maximum Gasteiger partial charge on any atom is 0.247 e. The zero-order chi connectivity index (χ0) is 17.1. The van der Waals surface area contributed by atoms with Gasteiger partial charge in [0, 0.05) is 24.4 Å². The Hall–Kier alpha value is -3.14. The fraction of sp³-hybridized carbons (Fsp3) is 0.294. The number of nitrogens with zero attached hydrogens (tertiary/aromatic N) is 5. The van der Waals surface area contributed by atoms with Gasteiger partial charge in [-0.05, 0) is 30.2 Å². The molecule has 2 heterocycles. The molecule has 0 atom stereocenters. The van der Waals surface area contributed by atoms with Crippen molar-refractivity contribution in [2.24, 2.45) is 0 Å². The average molecular weight is 322 g/mol. The Morgan fingerprint density at radius 3 is 2.62 bits per heavy atom. The van der Waals surface area contributed by atoms with Crippen LogP contribution in [0.3, 0.4) is 0 Å². The van der Waals surface area contributed by atoms with Crippen molar-refractivity contribution < 1.29 is 4.42 Å². The average Bonchev–Trinajstić information content (AvgIpc) is 3.24. The minimum Gasteiger partial charge on any atom is -0.419 e. The van der Waals surface area contributed by atoms with E-state index in [0.29, 0.717) is 29.8 Å². The molecule has 0 aliphatic rings. The minimum atomic E-state index is 0.394. The summed E-state index contributed by atoms with van der Waals surface area (Å²) in [4.78, 5) is 1.94. The van der Waals surface area contributed by atoms with Gasteiger partial charge >= 0.3 is 0 Å². The summed E-state index contributed by atoms with van der Waals surface area (Å²) in [5, 5.41) is 24.3. The number of hydrogen-bond acceptors (Lipinski definition) is 6. The van der Waals surface area contributed by atoms with Crippen molar-refractivity contribution in [3.05, 3.63) is 47.5 Å². The lowest BCUT2D eigenvalue weighted by Crippen LogP contribution is -2.16. The van der Waals surface area contributed by atoms with Gasteiger partial charge in [-0.1, -0.05) is 13.8 Å². The number of anilines is 1. The van der Waals surface area contributed by atoms with E-state index >= 15 is 0 Å². The van der Waals surface area contributed by atoms with Crippen LogP contribution in [-0.4, -0.2) is 27.4 Å². The summed E-state index contributed by atoms with van der Waals surface area (Å²) in [6.07, 6.45) is 0. The molecule has 3 rings (SSSR count). The Bertz CT molecular complexity index is 856. The highest BCUT2D eigenvalue weighted by atomic mass is 16.4. The molecule has 122 valence electrons. The molecule has 0 bridgehead atoms. The van der Waals surface area contributed by atoms with Crippen LogP contribution in [0.1, 0.15) is 36.9 Å². The Morgan fingerprint density at radius 1 is 1.25 bits per heavy atom. The number of hydrogen-bond donors (Lipinski definition) is 1. The van der Waals surface area contributed by atoms with E-state index in [-0.39, 0.29) is 0 Å². The first-order valence-corrected chi connectivity index (χ1v) is 7.66. The molecule has 0 fully saturated rings. The topological polar surface area (TPSA) is 94.6 Å². The van der Waals surface area contributed by atoms with E-state index < -0.39 is 0 Å². The summed E-state index contributed by atoms with van der Waals surface area (Å²) in [6, 6.07) is 11.1. The number of benzene rings is 1. The standard InChI is InChI=1S/C17H18N6O/c1-11(2)14-8-15(20-19-14)23(3)10-16-21-22-17(24-16)13-6-4-12(9-18)5-7-13/h4-8,11H,10H2,1-3H3,(H,19,20). The molecule has 1 aromatic carbocycles. The molecule has 1 N–H and O–H groups in total. The summed E-state index contributed by atoms with van der Waals surface area (Å²) in [5.41, 5.74) is 2.47. The number of nitrogens with one attached hydrogen (secondary N) is 1. The zero-order valence-corrected chi connectivity index (χ0v) is 13.8. The fourth-order valence-electron chi connectivity index (χ4n) is 2.22. The van der Waals surface area contributed by atoms with Crippen molar-refractivity contribution in [2.45, 2.75) is 26.3 Å². The van der Waals surface area contributed by atoms with E-state index in [1.165, 1.54) is 0 Å². The normalized spacial score (nSPS) is 10.8. The first kappa shape index (κ1) is 15.7. The lowest BCUT2D eigenvalue weighted by molar-refractivity contribution is 0.503. The molecule has 7 nitrogen and oxygen atoms in total. The van der Waals surface area contributed by atoms with Crippen molar-refractivity contribution in [2.75, 3.05) is 11.9 Å².